The fourth-order valence-electron chi connectivity index (χ4n) is 4.62. The molecule has 1 aliphatic rings. The van der Waals surface area contributed by atoms with Gasteiger partial charge in [-0.3, -0.25) is 4.98 Å². The Labute approximate surface area is 245 Å². The smallest absolute Gasteiger partial charge is 0.115 e. The van der Waals surface area contributed by atoms with Gasteiger partial charge < -0.3 is 10.6 Å². The van der Waals surface area contributed by atoms with Crippen LogP contribution >= 0.6 is 0 Å². The van der Waals surface area contributed by atoms with Crippen LogP contribution < -0.4 is 10.6 Å². The Kier molecular flexibility index (Phi) is 8.45. The molecule has 2 N–H and O–H groups in total. The Morgan fingerprint density at radius 2 is 1.93 bits per heavy atom. The summed E-state index contributed by atoms with van der Waals surface area (Å²) in [5.41, 5.74) is 3.70. The van der Waals surface area contributed by atoms with Crippen molar-refractivity contribution in [1.29, 1.82) is 15.8 Å². The van der Waals surface area contributed by atoms with Crippen molar-refractivity contribution in [3.8, 4) is 18.2 Å². The summed E-state index contributed by atoms with van der Waals surface area (Å²) in [4.78, 5) is 4.43. The molecule has 2 aromatic heterocycles. The number of hydrogen-bond acceptors (Lipinski definition) is 8. The Hall–Kier alpha value is -5.01. The number of anilines is 2. The van der Waals surface area contributed by atoms with E-state index in [1.807, 2.05) is 19.9 Å². The van der Waals surface area contributed by atoms with Crippen LogP contribution in [0.3, 0.4) is 0 Å². The van der Waals surface area contributed by atoms with Gasteiger partial charge in [-0.2, -0.15) is 15.8 Å². The molecule has 10 heteroatoms. The lowest BCUT2D eigenvalue weighted by Gasteiger charge is -2.23. The fourth-order valence-corrected chi connectivity index (χ4v) is 4.62. The quantitative estimate of drug-likeness (QED) is 0.207. The molecular formula is C32H34FN9. The van der Waals surface area contributed by atoms with E-state index in [4.69, 9.17) is 0 Å². The average Bonchev–Trinajstić information content (AvgIpc) is 3.63. The molecule has 9 nitrogen and oxygen atoms in total. The molecule has 42 heavy (non-hydrogen) atoms. The van der Waals surface area contributed by atoms with Crippen LogP contribution in [-0.4, -0.2) is 33.2 Å². The lowest BCUT2D eigenvalue weighted by Crippen LogP contribution is -2.20. The van der Waals surface area contributed by atoms with Crippen molar-refractivity contribution in [2.24, 2.45) is 5.41 Å². The monoisotopic (exact) mass is 563 g/mol. The zero-order chi connectivity index (χ0) is 30.7. The van der Waals surface area contributed by atoms with Gasteiger partial charge in [-0.15, -0.1) is 5.10 Å². The van der Waals surface area contributed by atoms with Gasteiger partial charge in [0.05, 0.1) is 51.8 Å². The molecule has 0 amide bonds. The van der Waals surface area contributed by atoms with Crippen molar-refractivity contribution in [1.82, 2.24) is 20.0 Å². The van der Waals surface area contributed by atoms with Gasteiger partial charge in [-0.05, 0) is 61.5 Å². The molecule has 214 valence electrons. The third-order valence-corrected chi connectivity index (χ3v) is 7.38. The van der Waals surface area contributed by atoms with E-state index in [9.17, 15) is 20.2 Å². The molecule has 1 atom stereocenters. The first-order valence-electron chi connectivity index (χ1n) is 13.7. The van der Waals surface area contributed by atoms with E-state index in [2.05, 4.69) is 71.5 Å². The summed E-state index contributed by atoms with van der Waals surface area (Å²) in [6.07, 6.45) is 8.03. The predicted molar refractivity (Wildman–Crippen MR) is 161 cm³/mol. The number of benzene rings is 1. The Balaban J connectivity index is 1.86. The number of pyridine rings is 1. The number of allylic oxidation sites excluding steroid dienone is 3. The highest BCUT2D eigenvalue weighted by molar-refractivity contribution is 5.99. The van der Waals surface area contributed by atoms with E-state index in [0.717, 1.165) is 0 Å². The molecule has 1 saturated carbocycles. The molecule has 1 fully saturated rings. The SMILES string of the molecule is C=C(/C(C)=C(C#N)\C=C/C)[C@H](Nc1cc(C#N)c2ncc(C#N)c(NCC(C)(C)C)c2c1)c1cn(C2(CF)CC2)nn1. The Morgan fingerprint density at radius 1 is 1.21 bits per heavy atom. The van der Waals surface area contributed by atoms with Gasteiger partial charge >= 0.3 is 0 Å². The van der Waals surface area contributed by atoms with Crippen molar-refractivity contribution in [3.63, 3.8) is 0 Å². The summed E-state index contributed by atoms with van der Waals surface area (Å²) in [7, 11) is 0. The molecule has 0 spiro atoms. The van der Waals surface area contributed by atoms with Crippen LogP contribution in [0.5, 0.6) is 0 Å². The van der Waals surface area contributed by atoms with Crippen molar-refractivity contribution in [2.75, 3.05) is 23.9 Å². The van der Waals surface area contributed by atoms with Crippen LogP contribution in [0.4, 0.5) is 15.8 Å². The summed E-state index contributed by atoms with van der Waals surface area (Å²) in [6, 6.07) is 9.49. The zero-order valence-electron chi connectivity index (χ0n) is 24.6. The van der Waals surface area contributed by atoms with Gasteiger partial charge in [-0.1, -0.05) is 38.6 Å². The molecule has 3 aromatic rings. The number of nitrogens with zero attached hydrogens (tertiary/aromatic N) is 7. The van der Waals surface area contributed by atoms with Crippen LogP contribution in [0.25, 0.3) is 10.9 Å². The number of nitriles is 3. The number of hydrogen-bond donors (Lipinski definition) is 2. The lowest BCUT2D eigenvalue weighted by atomic mass is 9.94. The molecule has 0 saturated heterocycles. The zero-order valence-corrected chi connectivity index (χ0v) is 24.6. The highest BCUT2D eigenvalue weighted by atomic mass is 19.1. The number of halogens is 1. The minimum absolute atomic E-state index is 0.0708. The molecule has 0 bridgehead atoms. The minimum atomic E-state index is -0.672. The van der Waals surface area contributed by atoms with Crippen LogP contribution in [-0.2, 0) is 5.54 Å². The predicted octanol–water partition coefficient (Wildman–Crippen LogP) is 6.61. The van der Waals surface area contributed by atoms with Gasteiger partial charge in [0.1, 0.15) is 24.5 Å². The number of aromatic nitrogens is 4. The summed E-state index contributed by atoms with van der Waals surface area (Å²) in [5, 5.41) is 45.7. The second-order valence-corrected chi connectivity index (χ2v) is 11.8. The topological polar surface area (TPSA) is 139 Å². The summed E-state index contributed by atoms with van der Waals surface area (Å²) in [6.45, 7) is 14.2. The second kappa shape index (κ2) is 11.8. The van der Waals surface area contributed by atoms with Crippen molar-refractivity contribution < 1.29 is 4.39 Å². The van der Waals surface area contributed by atoms with Crippen LogP contribution in [0.2, 0.25) is 0 Å². The van der Waals surface area contributed by atoms with Crippen molar-refractivity contribution in [2.45, 2.75) is 59.0 Å². The van der Waals surface area contributed by atoms with Crippen LogP contribution in [0, 0.1) is 39.4 Å². The van der Waals surface area contributed by atoms with E-state index in [1.54, 1.807) is 29.1 Å². The maximum Gasteiger partial charge on any atom is 0.115 e. The summed E-state index contributed by atoms with van der Waals surface area (Å²) in [5.74, 6) is 0. The molecule has 4 rings (SSSR count). The first-order chi connectivity index (χ1) is 20.0. The van der Waals surface area contributed by atoms with Gasteiger partial charge in [0.2, 0.25) is 0 Å². The normalized spacial score (nSPS) is 15.3. The molecule has 2 heterocycles. The summed E-state index contributed by atoms with van der Waals surface area (Å²) < 4.78 is 15.4. The largest absolute Gasteiger partial charge is 0.383 e. The fraction of sp³-hybridized carbons (Fsp3) is 0.375. The minimum Gasteiger partial charge on any atom is -0.383 e. The summed E-state index contributed by atoms with van der Waals surface area (Å²) >= 11 is 0. The Bertz CT molecular complexity index is 1710. The van der Waals surface area contributed by atoms with Crippen LogP contribution in [0.1, 0.15) is 70.3 Å². The molecule has 0 radical (unpaired) electrons. The molecular weight excluding hydrogens is 529 g/mol. The van der Waals surface area contributed by atoms with Gasteiger partial charge in [0, 0.05) is 23.8 Å². The highest BCUT2D eigenvalue weighted by Crippen LogP contribution is 2.44. The third kappa shape index (κ3) is 6.01. The van der Waals surface area contributed by atoms with Gasteiger partial charge in [0.25, 0.3) is 0 Å². The standard InChI is InChI=1S/C32H34FN9/c1-7-8-22(13-34)20(2)21(3)28(27-17-42(41-40-27)32(18-33)9-10-32)39-25-11-23(14-35)29-26(12-25)30(24(15-36)16-37-29)38-19-31(4,5)6/h7-8,11-12,16-17,28,39H,3,9-10,18-19H2,1-2,4-6H3,(H,37,38)/b8-7-,22-20+/t28-/m0/s1. The first kappa shape index (κ1) is 30.0. The molecule has 1 aliphatic carbocycles. The van der Waals surface area contributed by atoms with Gasteiger partial charge in [-0.25, -0.2) is 9.07 Å². The van der Waals surface area contributed by atoms with E-state index in [0.29, 0.717) is 75.2 Å². The second-order valence-electron chi connectivity index (χ2n) is 11.8. The van der Waals surface area contributed by atoms with Crippen molar-refractivity contribution in [3.05, 3.63) is 76.8 Å². The Morgan fingerprint density at radius 3 is 2.50 bits per heavy atom. The number of rotatable bonds is 10. The molecule has 0 aliphatic heterocycles. The third-order valence-electron chi connectivity index (χ3n) is 7.38. The van der Waals surface area contributed by atoms with E-state index in [1.165, 1.54) is 6.20 Å². The number of alkyl halides is 1. The molecule has 0 unspecified atom stereocenters. The van der Waals surface area contributed by atoms with Gasteiger partial charge in [0.15, 0.2) is 0 Å². The van der Waals surface area contributed by atoms with E-state index < -0.39 is 18.3 Å². The van der Waals surface area contributed by atoms with Crippen molar-refractivity contribution >= 4 is 22.3 Å². The number of nitrogens with one attached hydrogen (secondary N) is 2. The highest BCUT2D eigenvalue weighted by Gasteiger charge is 2.46. The van der Waals surface area contributed by atoms with E-state index >= 15 is 0 Å². The lowest BCUT2D eigenvalue weighted by molar-refractivity contribution is 0.309. The van der Waals surface area contributed by atoms with Crippen LogP contribution in [0.15, 0.2) is 60.0 Å². The van der Waals surface area contributed by atoms with E-state index in [-0.39, 0.29) is 5.41 Å². The number of fused-ring (bicyclic) bond motifs is 1. The maximum atomic E-state index is 13.8. The maximum absolute atomic E-state index is 13.8. The average molecular weight is 564 g/mol. The first-order valence-corrected chi connectivity index (χ1v) is 13.7. The molecule has 1 aromatic carbocycles.